The van der Waals surface area contributed by atoms with Gasteiger partial charge in [0.15, 0.2) is 0 Å². The maximum Gasteiger partial charge on any atom is 0.324 e. The third-order valence-corrected chi connectivity index (χ3v) is 5.61. The molecule has 0 bridgehead atoms. The molecular weight excluding hydrogens is 412 g/mol. The van der Waals surface area contributed by atoms with E-state index in [-0.39, 0.29) is 12.1 Å². The maximum atomic E-state index is 13.9. The van der Waals surface area contributed by atoms with Crippen molar-refractivity contribution < 1.29 is 18.4 Å². The molecular formula is C25H23F2N3O2. The van der Waals surface area contributed by atoms with Crippen LogP contribution in [-0.2, 0) is 0 Å². The molecule has 1 saturated heterocycles. The van der Waals surface area contributed by atoms with Crippen LogP contribution in [-0.4, -0.2) is 29.9 Å². The van der Waals surface area contributed by atoms with Crippen molar-refractivity contribution in [3.8, 4) is 0 Å². The van der Waals surface area contributed by atoms with Gasteiger partial charge in [0.1, 0.15) is 17.2 Å². The number of amides is 3. The molecule has 32 heavy (non-hydrogen) atoms. The standard InChI is InChI=1S/C25H23F2N3O2/c1-17(18-8-3-2-4-9-18)29-14-7-15-30(25(29)32)20-11-5-10-19(16-20)28-24(31)23-21(26)12-6-13-22(23)27/h2-6,8-13,16-17H,7,14-15H2,1H3,(H,28,31). The summed E-state index contributed by atoms with van der Waals surface area (Å²) in [5, 5.41) is 2.52. The van der Waals surface area contributed by atoms with Crippen LogP contribution in [0.15, 0.2) is 72.8 Å². The molecule has 0 spiro atoms. The molecule has 0 saturated carbocycles. The Morgan fingerprint density at radius 2 is 1.62 bits per heavy atom. The molecule has 1 N–H and O–H groups in total. The zero-order valence-electron chi connectivity index (χ0n) is 17.6. The van der Waals surface area contributed by atoms with E-state index in [1.165, 1.54) is 6.07 Å². The van der Waals surface area contributed by atoms with Crippen LogP contribution < -0.4 is 10.2 Å². The maximum absolute atomic E-state index is 13.9. The summed E-state index contributed by atoms with van der Waals surface area (Å²) < 4.78 is 27.8. The average molecular weight is 435 g/mol. The average Bonchev–Trinajstić information content (AvgIpc) is 2.79. The first kappa shape index (κ1) is 21.5. The number of nitrogens with zero attached hydrogens (tertiary/aromatic N) is 2. The number of carbonyl (C=O) groups excluding carboxylic acids is 2. The Morgan fingerprint density at radius 1 is 0.938 bits per heavy atom. The molecule has 1 heterocycles. The van der Waals surface area contributed by atoms with E-state index in [1.54, 1.807) is 29.2 Å². The third-order valence-electron chi connectivity index (χ3n) is 5.61. The summed E-state index contributed by atoms with van der Waals surface area (Å²) in [7, 11) is 0. The highest BCUT2D eigenvalue weighted by Gasteiger charge is 2.30. The van der Waals surface area contributed by atoms with Crippen molar-refractivity contribution in [3.63, 3.8) is 0 Å². The molecule has 3 amide bonds. The number of anilines is 2. The first-order chi connectivity index (χ1) is 15.5. The quantitative estimate of drug-likeness (QED) is 0.566. The number of carbonyl (C=O) groups is 2. The topological polar surface area (TPSA) is 52.6 Å². The highest BCUT2D eigenvalue weighted by atomic mass is 19.1. The first-order valence-corrected chi connectivity index (χ1v) is 10.4. The van der Waals surface area contributed by atoms with Crippen molar-refractivity contribution in [2.75, 3.05) is 23.3 Å². The highest BCUT2D eigenvalue weighted by Crippen LogP contribution is 2.29. The Balaban J connectivity index is 1.53. The van der Waals surface area contributed by atoms with Crippen LogP contribution >= 0.6 is 0 Å². The molecule has 0 aliphatic carbocycles. The highest BCUT2D eigenvalue weighted by molar-refractivity contribution is 6.05. The molecule has 1 fully saturated rings. The minimum Gasteiger partial charge on any atom is -0.322 e. The summed E-state index contributed by atoms with van der Waals surface area (Å²) in [4.78, 5) is 29.1. The fraction of sp³-hybridized carbons (Fsp3) is 0.200. The number of urea groups is 1. The zero-order valence-corrected chi connectivity index (χ0v) is 17.6. The summed E-state index contributed by atoms with van der Waals surface area (Å²) >= 11 is 0. The number of hydrogen-bond donors (Lipinski definition) is 1. The molecule has 5 nitrogen and oxygen atoms in total. The van der Waals surface area contributed by atoms with E-state index in [4.69, 9.17) is 0 Å². The van der Waals surface area contributed by atoms with E-state index in [9.17, 15) is 18.4 Å². The lowest BCUT2D eigenvalue weighted by molar-refractivity contribution is 0.101. The van der Waals surface area contributed by atoms with Gasteiger partial charge in [-0.2, -0.15) is 0 Å². The Kier molecular flexibility index (Phi) is 6.16. The molecule has 3 aromatic carbocycles. The van der Waals surface area contributed by atoms with Crippen LogP contribution in [0.2, 0.25) is 0 Å². The Bertz CT molecular complexity index is 1120. The second kappa shape index (κ2) is 9.18. The number of nitrogens with one attached hydrogen (secondary N) is 1. The van der Waals surface area contributed by atoms with Gasteiger partial charge in [0.05, 0.1) is 6.04 Å². The summed E-state index contributed by atoms with van der Waals surface area (Å²) in [6, 6.07) is 19.6. The van der Waals surface area contributed by atoms with Gasteiger partial charge in [-0.15, -0.1) is 0 Å². The lowest BCUT2D eigenvalue weighted by Crippen LogP contribution is -2.50. The molecule has 1 aliphatic rings. The van der Waals surface area contributed by atoms with Gasteiger partial charge >= 0.3 is 6.03 Å². The number of benzene rings is 3. The van der Waals surface area contributed by atoms with Crippen LogP contribution in [0.4, 0.5) is 25.0 Å². The Morgan fingerprint density at radius 3 is 2.34 bits per heavy atom. The van der Waals surface area contributed by atoms with E-state index in [1.807, 2.05) is 42.2 Å². The summed E-state index contributed by atoms with van der Waals surface area (Å²) in [6.07, 6.45) is 0.792. The van der Waals surface area contributed by atoms with Crippen molar-refractivity contribution >= 4 is 23.3 Å². The van der Waals surface area contributed by atoms with Crippen molar-refractivity contribution in [2.24, 2.45) is 0 Å². The molecule has 1 atom stereocenters. The van der Waals surface area contributed by atoms with Gasteiger partial charge in [-0.25, -0.2) is 13.6 Å². The van der Waals surface area contributed by atoms with Crippen LogP contribution in [0, 0.1) is 11.6 Å². The zero-order chi connectivity index (χ0) is 22.7. The van der Waals surface area contributed by atoms with Crippen LogP contribution in [0.1, 0.15) is 35.3 Å². The van der Waals surface area contributed by atoms with Gasteiger partial charge < -0.3 is 10.2 Å². The van der Waals surface area contributed by atoms with Crippen LogP contribution in [0.3, 0.4) is 0 Å². The predicted molar refractivity (Wildman–Crippen MR) is 120 cm³/mol. The molecule has 1 aliphatic heterocycles. The van der Waals surface area contributed by atoms with Gasteiger partial charge in [0.25, 0.3) is 5.91 Å². The minimum absolute atomic E-state index is 0.0848. The van der Waals surface area contributed by atoms with Gasteiger partial charge in [0.2, 0.25) is 0 Å². The lowest BCUT2D eigenvalue weighted by atomic mass is 10.1. The number of hydrogen-bond acceptors (Lipinski definition) is 2. The van der Waals surface area contributed by atoms with Gasteiger partial charge in [-0.3, -0.25) is 9.69 Å². The van der Waals surface area contributed by atoms with Gasteiger partial charge in [-0.1, -0.05) is 42.5 Å². The number of halogens is 2. The Hall–Kier alpha value is -3.74. The molecule has 7 heteroatoms. The first-order valence-electron chi connectivity index (χ1n) is 10.4. The summed E-state index contributed by atoms with van der Waals surface area (Å²) in [6.45, 7) is 3.18. The van der Waals surface area contributed by atoms with Crippen LogP contribution in [0.25, 0.3) is 0 Å². The van der Waals surface area contributed by atoms with Crippen molar-refractivity contribution in [2.45, 2.75) is 19.4 Å². The molecule has 0 aromatic heterocycles. The smallest absolute Gasteiger partial charge is 0.322 e. The lowest BCUT2D eigenvalue weighted by Gasteiger charge is -2.39. The predicted octanol–water partition coefficient (Wildman–Crippen LogP) is 5.61. The van der Waals surface area contributed by atoms with Crippen molar-refractivity contribution in [3.05, 3.63) is 95.6 Å². The SMILES string of the molecule is CC(c1ccccc1)N1CCCN(c2cccc(NC(=O)c3c(F)cccc3F)c2)C1=O. The number of rotatable bonds is 5. The summed E-state index contributed by atoms with van der Waals surface area (Å²) in [5.74, 6) is -2.76. The largest absolute Gasteiger partial charge is 0.324 e. The molecule has 164 valence electrons. The van der Waals surface area contributed by atoms with E-state index in [2.05, 4.69) is 5.32 Å². The molecule has 1 unspecified atom stereocenters. The Labute approximate surface area is 185 Å². The molecule has 3 aromatic rings. The van der Waals surface area contributed by atoms with Crippen LogP contribution in [0.5, 0.6) is 0 Å². The molecule has 0 radical (unpaired) electrons. The van der Waals surface area contributed by atoms with Gasteiger partial charge in [-0.05, 0) is 49.2 Å². The normalized spacial score (nSPS) is 14.9. The van der Waals surface area contributed by atoms with E-state index >= 15 is 0 Å². The third kappa shape index (κ3) is 4.32. The fourth-order valence-electron chi connectivity index (χ4n) is 3.92. The fourth-order valence-corrected chi connectivity index (χ4v) is 3.92. The van der Waals surface area contributed by atoms with Gasteiger partial charge in [0, 0.05) is 24.5 Å². The molecule has 4 rings (SSSR count). The second-order valence-electron chi connectivity index (χ2n) is 7.67. The van der Waals surface area contributed by atoms with E-state index < -0.39 is 23.1 Å². The minimum atomic E-state index is -0.935. The second-order valence-corrected chi connectivity index (χ2v) is 7.67. The summed E-state index contributed by atoms with van der Waals surface area (Å²) in [5.41, 5.74) is 1.35. The monoisotopic (exact) mass is 435 g/mol. The van der Waals surface area contributed by atoms with Crippen molar-refractivity contribution in [1.82, 2.24) is 4.90 Å². The van der Waals surface area contributed by atoms with E-state index in [0.717, 1.165) is 24.1 Å². The van der Waals surface area contributed by atoms with E-state index in [0.29, 0.717) is 24.5 Å². The van der Waals surface area contributed by atoms with Crippen molar-refractivity contribution in [1.29, 1.82) is 0 Å².